The van der Waals surface area contributed by atoms with Gasteiger partial charge in [-0.25, -0.2) is 5.84 Å². The van der Waals surface area contributed by atoms with Crippen molar-refractivity contribution < 1.29 is 4.79 Å². The van der Waals surface area contributed by atoms with Gasteiger partial charge in [0.2, 0.25) is 0 Å². The molecule has 0 saturated heterocycles. The molecule has 1 aromatic carbocycles. The van der Waals surface area contributed by atoms with E-state index in [4.69, 9.17) is 5.84 Å². The van der Waals surface area contributed by atoms with Crippen LogP contribution in [0.1, 0.15) is 29.8 Å². The lowest BCUT2D eigenvalue weighted by Crippen LogP contribution is -2.30. The second-order valence-electron chi connectivity index (χ2n) is 4.76. The van der Waals surface area contributed by atoms with E-state index in [1.165, 1.54) is 0 Å². The highest BCUT2D eigenvalue weighted by atomic mass is 16.2. The summed E-state index contributed by atoms with van der Waals surface area (Å²) in [6, 6.07) is 7.53. The third-order valence-electron chi connectivity index (χ3n) is 2.45. The number of hydrazine groups is 1. The minimum Gasteiger partial charge on any atom is -0.302 e. The van der Waals surface area contributed by atoms with Crippen molar-refractivity contribution in [2.75, 3.05) is 13.6 Å². The largest absolute Gasteiger partial charge is 0.302 e. The smallest absolute Gasteiger partial charge is 0.265 e. The van der Waals surface area contributed by atoms with Crippen LogP contribution in [0.5, 0.6) is 0 Å². The van der Waals surface area contributed by atoms with Gasteiger partial charge in [0, 0.05) is 18.7 Å². The first kappa shape index (κ1) is 13.7. The third-order valence-corrected chi connectivity index (χ3v) is 2.45. The Bertz CT molecular complexity index is 377. The summed E-state index contributed by atoms with van der Waals surface area (Å²) in [7, 11) is 2.08. The zero-order valence-corrected chi connectivity index (χ0v) is 10.7. The number of amides is 1. The van der Waals surface area contributed by atoms with Gasteiger partial charge in [0.15, 0.2) is 0 Å². The molecule has 1 rings (SSSR count). The number of nitrogens with one attached hydrogen (secondary N) is 1. The van der Waals surface area contributed by atoms with Gasteiger partial charge in [0.1, 0.15) is 0 Å². The first-order chi connectivity index (χ1) is 8.02. The summed E-state index contributed by atoms with van der Waals surface area (Å²) in [6.45, 7) is 6.25. The lowest BCUT2D eigenvalue weighted by molar-refractivity contribution is 0.0953. The van der Waals surface area contributed by atoms with Gasteiger partial charge in [0.05, 0.1) is 0 Å². The highest BCUT2D eigenvalue weighted by Gasteiger charge is 2.06. The minimum atomic E-state index is -0.252. The van der Waals surface area contributed by atoms with E-state index in [0.29, 0.717) is 11.5 Å². The molecule has 3 N–H and O–H groups in total. The van der Waals surface area contributed by atoms with Crippen LogP contribution in [0, 0.1) is 5.92 Å². The van der Waals surface area contributed by atoms with Crippen LogP contribution in [0.25, 0.3) is 0 Å². The fourth-order valence-electron chi connectivity index (χ4n) is 1.89. The van der Waals surface area contributed by atoms with Crippen molar-refractivity contribution >= 4 is 5.91 Å². The van der Waals surface area contributed by atoms with E-state index in [1.54, 1.807) is 6.07 Å². The maximum absolute atomic E-state index is 11.4. The Morgan fingerprint density at radius 3 is 2.76 bits per heavy atom. The molecule has 0 unspecified atom stereocenters. The molecular weight excluding hydrogens is 214 g/mol. The number of nitrogens with zero attached hydrogens (tertiary/aromatic N) is 1. The van der Waals surface area contributed by atoms with Crippen molar-refractivity contribution in [3.63, 3.8) is 0 Å². The van der Waals surface area contributed by atoms with Gasteiger partial charge in [-0.2, -0.15) is 0 Å². The summed E-state index contributed by atoms with van der Waals surface area (Å²) in [5, 5.41) is 0. The standard InChI is InChI=1S/C13H21N3O/c1-10(2)8-16(3)9-11-5-4-6-12(7-11)13(17)15-14/h4-7,10H,8-9,14H2,1-3H3,(H,15,17). The van der Waals surface area contributed by atoms with Crippen molar-refractivity contribution in [1.82, 2.24) is 10.3 Å². The maximum Gasteiger partial charge on any atom is 0.265 e. The van der Waals surface area contributed by atoms with Gasteiger partial charge < -0.3 is 4.90 Å². The molecule has 0 heterocycles. The number of hydrogen-bond donors (Lipinski definition) is 2. The first-order valence-corrected chi connectivity index (χ1v) is 5.81. The van der Waals surface area contributed by atoms with Crippen LogP contribution in [-0.4, -0.2) is 24.4 Å². The van der Waals surface area contributed by atoms with E-state index in [9.17, 15) is 4.79 Å². The van der Waals surface area contributed by atoms with Crippen LogP contribution >= 0.6 is 0 Å². The summed E-state index contributed by atoms with van der Waals surface area (Å²) in [5.74, 6) is 5.49. The van der Waals surface area contributed by atoms with Crippen LogP contribution in [-0.2, 0) is 6.54 Å². The van der Waals surface area contributed by atoms with Crippen LogP contribution in [0.3, 0.4) is 0 Å². The average Bonchev–Trinajstić information content (AvgIpc) is 2.27. The molecule has 0 aliphatic rings. The van der Waals surface area contributed by atoms with E-state index in [-0.39, 0.29) is 5.91 Å². The Kier molecular flexibility index (Phi) is 5.12. The van der Waals surface area contributed by atoms with Crippen molar-refractivity contribution in [3.8, 4) is 0 Å². The van der Waals surface area contributed by atoms with E-state index in [0.717, 1.165) is 18.7 Å². The third kappa shape index (κ3) is 4.54. The number of hydrogen-bond acceptors (Lipinski definition) is 3. The maximum atomic E-state index is 11.4. The summed E-state index contributed by atoms with van der Waals surface area (Å²) in [5.41, 5.74) is 3.86. The number of carbonyl (C=O) groups excluding carboxylic acids is 1. The lowest BCUT2D eigenvalue weighted by Gasteiger charge is -2.19. The van der Waals surface area contributed by atoms with Crippen LogP contribution < -0.4 is 11.3 Å². The topological polar surface area (TPSA) is 58.4 Å². The Morgan fingerprint density at radius 1 is 1.47 bits per heavy atom. The fraction of sp³-hybridized carbons (Fsp3) is 0.462. The predicted octanol–water partition coefficient (Wildman–Crippen LogP) is 1.38. The monoisotopic (exact) mass is 235 g/mol. The highest BCUT2D eigenvalue weighted by molar-refractivity contribution is 5.93. The van der Waals surface area contributed by atoms with Gasteiger partial charge in [-0.1, -0.05) is 26.0 Å². The summed E-state index contributed by atoms with van der Waals surface area (Å²) in [4.78, 5) is 13.6. The van der Waals surface area contributed by atoms with Gasteiger partial charge in [-0.15, -0.1) is 0 Å². The number of benzene rings is 1. The predicted molar refractivity (Wildman–Crippen MR) is 69.3 cm³/mol. The molecule has 0 bridgehead atoms. The molecule has 0 radical (unpaired) electrons. The van der Waals surface area contributed by atoms with E-state index >= 15 is 0 Å². The van der Waals surface area contributed by atoms with E-state index < -0.39 is 0 Å². The van der Waals surface area contributed by atoms with Crippen LogP contribution in [0.15, 0.2) is 24.3 Å². The van der Waals surface area contributed by atoms with Crippen molar-refractivity contribution in [3.05, 3.63) is 35.4 Å². The molecule has 4 nitrogen and oxygen atoms in total. The van der Waals surface area contributed by atoms with Gasteiger partial charge >= 0.3 is 0 Å². The van der Waals surface area contributed by atoms with Gasteiger partial charge in [-0.05, 0) is 30.7 Å². The molecular formula is C13H21N3O. The number of nitrogens with two attached hydrogens (primary N) is 1. The van der Waals surface area contributed by atoms with Crippen molar-refractivity contribution in [2.45, 2.75) is 20.4 Å². The second kappa shape index (κ2) is 6.37. The van der Waals surface area contributed by atoms with Crippen molar-refractivity contribution in [2.24, 2.45) is 11.8 Å². The molecule has 1 aromatic rings. The molecule has 0 saturated carbocycles. The molecule has 1 amide bonds. The van der Waals surface area contributed by atoms with Gasteiger partial charge in [0.25, 0.3) is 5.91 Å². The molecule has 0 spiro atoms. The fourth-order valence-corrected chi connectivity index (χ4v) is 1.89. The Labute approximate surface area is 103 Å². The van der Waals surface area contributed by atoms with Crippen molar-refractivity contribution in [1.29, 1.82) is 0 Å². The molecule has 0 aliphatic heterocycles. The minimum absolute atomic E-state index is 0.252. The number of carbonyl (C=O) groups is 1. The summed E-state index contributed by atoms with van der Waals surface area (Å²) < 4.78 is 0. The summed E-state index contributed by atoms with van der Waals surface area (Å²) in [6.07, 6.45) is 0. The molecule has 0 aromatic heterocycles. The van der Waals surface area contributed by atoms with Crippen LogP contribution in [0.4, 0.5) is 0 Å². The first-order valence-electron chi connectivity index (χ1n) is 5.81. The summed E-state index contributed by atoms with van der Waals surface area (Å²) >= 11 is 0. The Balaban J connectivity index is 2.68. The Hall–Kier alpha value is -1.39. The molecule has 0 fully saturated rings. The highest BCUT2D eigenvalue weighted by Crippen LogP contribution is 2.08. The lowest BCUT2D eigenvalue weighted by atomic mass is 10.1. The molecule has 0 aliphatic carbocycles. The SMILES string of the molecule is CC(C)CN(C)Cc1cccc(C(=O)NN)c1. The normalized spacial score (nSPS) is 10.9. The zero-order valence-electron chi connectivity index (χ0n) is 10.7. The molecule has 94 valence electrons. The number of nitrogen functional groups attached to an aromatic ring is 1. The second-order valence-corrected chi connectivity index (χ2v) is 4.76. The molecule has 0 atom stereocenters. The molecule has 4 heteroatoms. The number of rotatable bonds is 5. The van der Waals surface area contributed by atoms with E-state index in [2.05, 4.69) is 31.2 Å². The average molecular weight is 235 g/mol. The Morgan fingerprint density at radius 2 is 2.18 bits per heavy atom. The quantitative estimate of drug-likeness (QED) is 0.460. The molecule has 17 heavy (non-hydrogen) atoms. The van der Waals surface area contributed by atoms with E-state index in [1.807, 2.05) is 18.2 Å². The zero-order chi connectivity index (χ0) is 12.8. The van der Waals surface area contributed by atoms with Crippen LogP contribution in [0.2, 0.25) is 0 Å². The van der Waals surface area contributed by atoms with Gasteiger partial charge in [-0.3, -0.25) is 10.2 Å².